The summed E-state index contributed by atoms with van der Waals surface area (Å²) in [7, 11) is 0. The molecule has 2 saturated heterocycles. The summed E-state index contributed by atoms with van der Waals surface area (Å²) >= 11 is 5.95. The van der Waals surface area contributed by atoms with Gasteiger partial charge in [0, 0.05) is 11.6 Å². The van der Waals surface area contributed by atoms with Gasteiger partial charge in [-0.25, -0.2) is 4.79 Å². The Bertz CT molecular complexity index is 743. The van der Waals surface area contributed by atoms with Crippen LogP contribution in [0.5, 0.6) is 0 Å². The van der Waals surface area contributed by atoms with Crippen LogP contribution >= 0.6 is 11.6 Å². The number of rotatable bonds is 3. The summed E-state index contributed by atoms with van der Waals surface area (Å²) in [5.41, 5.74) is 0.266. The van der Waals surface area contributed by atoms with Crippen molar-refractivity contribution >= 4 is 29.4 Å². The Labute approximate surface area is 157 Å². The first kappa shape index (κ1) is 17.3. The van der Waals surface area contributed by atoms with Gasteiger partial charge in [-0.3, -0.25) is 14.5 Å². The van der Waals surface area contributed by atoms with Crippen LogP contribution in [0, 0.1) is 0 Å². The number of nitrogens with zero attached hydrogens (tertiary/aromatic N) is 2. The van der Waals surface area contributed by atoms with Gasteiger partial charge in [-0.15, -0.1) is 0 Å². The second-order valence-corrected chi connectivity index (χ2v) is 7.84. The molecule has 6 nitrogen and oxygen atoms in total. The van der Waals surface area contributed by atoms with Gasteiger partial charge in [-0.1, -0.05) is 36.6 Å². The largest absolute Gasteiger partial charge is 0.334 e. The Balaban J connectivity index is 1.48. The molecule has 3 aliphatic rings. The van der Waals surface area contributed by atoms with Gasteiger partial charge in [0.05, 0.1) is 6.04 Å². The summed E-state index contributed by atoms with van der Waals surface area (Å²) in [5.74, 6) is -0.420. The lowest BCUT2D eigenvalue weighted by Crippen LogP contribution is -2.46. The van der Waals surface area contributed by atoms with E-state index >= 15 is 0 Å². The Morgan fingerprint density at radius 3 is 2.54 bits per heavy atom. The van der Waals surface area contributed by atoms with Crippen molar-refractivity contribution in [1.82, 2.24) is 15.1 Å². The lowest BCUT2D eigenvalue weighted by atomic mass is 9.98. The highest BCUT2D eigenvalue weighted by atomic mass is 35.5. The molecule has 1 aliphatic carbocycles. The van der Waals surface area contributed by atoms with Gasteiger partial charge in [0.1, 0.15) is 12.1 Å². The van der Waals surface area contributed by atoms with Crippen LogP contribution in [-0.2, 0) is 9.59 Å². The Morgan fingerprint density at radius 2 is 1.85 bits per heavy atom. The number of carbonyl (C=O) groups is 3. The van der Waals surface area contributed by atoms with E-state index in [1.165, 1.54) is 0 Å². The predicted molar refractivity (Wildman–Crippen MR) is 96.6 cm³/mol. The molecule has 0 aromatic heterocycles. The second-order valence-electron chi connectivity index (χ2n) is 7.41. The van der Waals surface area contributed by atoms with Crippen molar-refractivity contribution in [2.45, 2.75) is 50.1 Å². The lowest BCUT2D eigenvalue weighted by Gasteiger charge is -2.27. The van der Waals surface area contributed by atoms with E-state index in [2.05, 4.69) is 5.32 Å². The fourth-order valence-electron chi connectivity index (χ4n) is 4.46. The third-order valence-corrected chi connectivity index (χ3v) is 6.08. The van der Waals surface area contributed by atoms with E-state index in [-0.39, 0.29) is 24.4 Å². The maximum atomic E-state index is 12.9. The zero-order chi connectivity index (χ0) is 18.3. The molecule has 4 rings (SSSR count). The van der Waals surface area contributed by atoms with Gasteiger partial charge in [-0.2, -0.15) is 0 Å². The first-order chi connectivity index (χ1) is 12.5. The van der Waals surface area contributed by atoms with Crippen LogP contribution in [0.2, 0.25) is 5.02 Å². The van der Waals surface area contributed by atoms with Crippen molar-refractivity contribution in [3.05, 3.63) is 34.9 Å². The standard InChI is InChI=1S/C19H22ClN3O3/c20-14-7-5-13(6-8-14)15-4-3-11-22(15)16(24)12-23-17(25)19(21-18(23)26)9-1-2-10-19/h5-8,15H,1-4,9-12H2,(H,21,26). The Kier molecular flexibility index (Phi) is 4.39. The van der Waals surface area contributed by atoms with Gasteiger partial charge >= 0.3 is 6.03 Å². The smallest absolute Gasteiger partial charge is 0.325 e. The summed E-state index contributed by atoms with van der Waals surface area (Å²) in [4.78, 5) is 40.8. The highest BCUT2D eigenvalue weighted by molar-refractivity contribution is 6.30. The number of benzene rings is 1. The van der Waals surface area contributed by atoms with Crippen molar-refractivity contribution in [3.63, 3.8) is 0 Å². The number of hydrogen-bond acceptors (Lipinski definition) is 3. The molecule has 0 bridgehead atoms. The minimum atomic E-state index is -0.766. The van der Waals surface area contributed by atoms with Gasteiger partial charge < -0.3 is 10.2 Å². The fraction of sp³-hybridized carbons (Fsp3) is 0.526. The third kappa shape index (κ3) is 2.86. The van der Waals surface area contributed by atoms with Crippen molar-refractivity contribution in [1.29, 1.82) is 0 Å². The van der Waals surface area contributed by atoms with Crippen LogP contribution in [0.25, 0.3) is 0 Å². The van der Waals surface area contributed by atoms with E-state index in [9.17, 15) is 14.4 Å². The van der Waals surface area contributed by atoms with E-state index < -0.39 is 11.6 Å². The minimum absolute atomic E-state index is 0.0269. The molecule has 4 amide bonds. The molecular weight excluding hydrogens is 354 g/mol. The predicted octanol–water partition coefficient (Wildman–Crippen LogP) is 2.87. The maximum Gasteiger partial charge on any atom is 0.325 e. The molecule has 3 fully saturated rings. The highest BCUT2D eigenvalue weighted by Gasteiger charge is 2.53. The molecule has 1 spiro atoms. The van der Waals surface area contributed by atoms with E-state index in [4.69, 9.17) is 11.6 Å². The van der Waals surface area contributed by atoms with Crippen LogP contribution in [0.4, 0.5) is 4.79 Å². The molecular formula is C19H22ClN3O3. The first-order valence-electron chi connectivity index (χ1n) is 9.19. The molecule has 26 heavy (non-hydrogen) atoms. The number of nitrogens with one attached hydrogen (secondary N) is 1. The van der Waals surface area contributed by atoms with Crippen molar-refractivity contribution in [3.8, 4) is 0 Å². The number of imide groups is 1. The fourth-order valence-corrected chi connectivity index (χ4v) is 4.59. The average Bonchev–Trinajstić information content (AvgIpc) is 3.33. The van der Waals surface area contributed by atoms with Crippen LogP contribution in [0.15, 0.2) is 24.3 Å². The van der Waals surface area contributed by atoms with Gasteiger partial charge in [0.25, 0.3) is 5.91 Å². The summed E-state index contributed by atoms with van der Waals surface area (Å²) < 4.78 is 0. The molecule has 2 aliphatic heterocycles. The number of hydrogen-bond donors (Lipinski definition) is 1. The zero-order valence-corrected chi connectivity index (χ0v) is 15.3. The molecule has 1 atom stereocenters. The molecule has 1 N–H and O–H groups in total. The number of likely N-dealkylation sites (tertiary alicyclic amines) is 1. The van der Waals surface area contributed by atoms with Crippen molar-refractivity contribution in [2.24, 2.45) is 0 Å². The number of amides is 4. The molecule has 138 valence electrons. The topological polar surface area (TPSA) is 69.7 Å². The number of halogens is 1. The second kappa shape index (κ2) is 6.58. The molecule has 1 saturated carbocycles. The lowest BCUT2D eigenvalue weighted by molar-refractivity contribution is -0.139. The SMILES string of the molecule is O=C1NC2(CCCC2)C(=O)N1CC(=O)N1CCCC1c1ccc(Cl)cc1. The molecule has 7 heteroatoms. The van der Waals surface area contributed by atoms with E-state index in [1.54, 1.807) is 4.90 Å². The zero-order valence-electron chi connectivity index (χ0n) is 14.5. The monoisotopic (exact) mass is 375 g/mol. The quantitative estimate of drug-likeness (QED) is 0.826. The molecule has 1 aromatic carbocycles. The third-order valence-electron chi connectivity index (χ3n) is 5.82. The van der Waals surface area contributed by atoms with Crippen LogP contribution in [0.3, 0.4) is 0 Å². The first-order valence-corrected chi connectivity index (χ1v) is 9.57. The Morgan fingerprint density at radius 1 is 1.15 bits per heavy atom. The molecule has 1 unspecified atom stereocenters. The maximum absolute atomic E-state index is 12.9. The summed E-state index contributed by atoms with van der Waals surface area (Å²) in [6, 6.07) is 7.03. The normalized spacial score (nSPS) is 24.6. The van der Waals surface area contributed by atoms with E-state index in [0.717, 1.165) is 36.1 Å². The minimum Gasteiger partial charge on any atom is -0.334 e. The van der Waals surface area contributed by atoms with Crippen molar-refractivity contribution < 1.29 is 14.4 Å². The van der Waals surface area contributed by atoms with Crippen LogP contribution in [-0.4, -0.2) is 46.3 Å². The van der Waals surface area contributed by atoms with E-state index in [1.807, 2.05) is 24.3 Å². The average molecular weight is 376 g/mol. The van der Waals surface area contributed by atoms with Crippen LogP contribution in [0.1, 0.15) is 50.1 Å². The van der Waals surface area contributed by atoms with Crippen molar-refractivity contribution in [2.75, 3.05) is 13.1 Å². The highest BCUT2D eigenvalue weighted by Crippen LogP contribution is 2.36. The van der Waals surface area contributed by atoms with Gasteiger partial charge in [-0.05, 0) is 43.4 Å². The Hall–Kier alpha value is -2.08. The number of carbonyl (C=O) groups excluding carboxylic acids is 3. The molecule has 1 aromatic rings. The van der Waals surface area contributed by atoms with Crippen LogP contribution < -0.4 is 5.32 Å². The molecule has 0 radical (unpaired) electrons. The van der Waals surface area contributed by atoms with Gasteiger partial charge in [0.2, 0.25) is 5.91 Å². The summed E-state index contributed by atoms with van der Waals surface area (Å²) in [5, 5.41) is 3.48. The summed E-state index contributed by atoms with van der Waals surface area (Å²) in [6.07, 6.45) is 4.97. The number of urea groups is 1. The molecule has 2 heterocycles. The van der Waals surface area contributed by atoms with Gasteiger partial charge in [0.15, 0.2) is 0 Å². The summed E-state index contributed by atoms with van der Waals surface area (Å²) in [6.45, 7) is 0.456. The van der Waals surface area contributed by atoms with E-state index in [0.29, 0.717) is 24.4 Å².